The summed E-state index contributed by atoms with van der Waals surface area (Å²) < 4.78 is 4.98. The van der Waals surface area contributed by atoms with Crippen LogP contribution < -0.4 is 0 Å². The fraction of sp³-hybridized carbons (Fsp3) is 0.769. The maximum Gasteiger partial charge on any atom is 0.333 e. The summed E-state index contributed by atoms with van der Waals surface area (Å²) in [5.74, 6) is -0.352. The lowest BCUT2D eigenvalue weighted by Crippen LogP contribution is -2.25. The van der Waals surface area contributed by atoms with Crippen molar-refractivity contribution in [2.24, 2.45) is 0 Å². The first-order valence-electron chi connectivity index (χ1n) is 6.27. The molecule has 0 amide bonds. The summed E-state index contributed by atoms with van der Waals surface area (Å²) in [7, 11) is 1.96. The Labute approximate surface area is 109 Å². The average Bonchev–Trinajstić information content (AvgIpc) is 2.33. The molecule has 1 unspecified atom stereocenters. The fourth-order valence-electron chi connectivity index (χ4n) is 1.38. The van der Waals surface area contributed by atoms with E-state index in [9.17, 15) is 4.79 Å². The number of aliphatic hydroxyl groups excluding tert-OH is 2. The topological polar surface area (TPSA) is 70.0 Å². The van der Waals surface area contributed by atoms with Gasteiger partial charge in [0.2, 0.25) is 0 Å². The highest BCUT2D eigenvalue weighted by Crippen LogP contribution is 2.01. The number of esters is 1. The standard InChI is InChI=1S/C13H25NO4/c1-11(2)13(17)18-9-8-14(3)7-5-4-6-12(16)10-15/h12,15-16H,1,4-10H2,2-3H3. The first kappa shape index (κ1) is 17.1. The molecular formula is C13H25NO4. The summed E-state index contributed by atoms with van der Waals surface area (Å²) in [6.45, 7) is 6.88. The van der Waals surface area contributed by atoms with Gasteiger partial charge < -0.3 is 19.8 Å². The van der Waals surface area contributed by atoms with E-state index in [0.717, 1.165) is 19.4 Å². The number of carbonyl (C=O) groups is 1. The Kier molecular flexibility index (Phi) is 9.55. The molecule has 106 valence electrons. The Morgan fingerprint density at radius 2 is 2.06 bits per heavy atom. The molecule has 0 aromatic rings. The van der Waals surface area contributed by atoms with Crippen LogP contribution in [-0.2, 0) is 9.53 Å². The largest absolute Gasteiger partial charge is 0.461 e. The average molecular weight is 259 g/mol. The molecule has 0 rings (SSSR count). The summed E-state index contributed by atoms with van der Waals surface area (Å²) in [6.07, 6.45) is 1.83. The predicted molar refractivity (Wildman–Crippen MR) is 70.2 cm³/mol. The molecule has 0 spiro atoms. The number of nitrogens with zero attached hydrogens (tertiary/aromatic N) is 1. The molecule has 1 atom stereocenters. The van der Waals surface area contributed by atoms with Gasteiger partial charge in [-0.25, -0.2) is 4.79 Å². The number of likely N-dealkylation sites (N-methyl/N-ethyl adjacent to an activating group) is 1. The molecular weight excluding hydrogens is 234 g/mol. The molecule has 5 nitrogen and oxygen atoms in total. The molecule has 0 aliphatic rings. The Hall–Kier alpha value is -0.910. The summed E-state index contributed by atoms with van der Waals surface area (Å²) in [6, 6.07) is 0. The number of unbranched alkanes of at least 4 members (excludes halogenated alkanes) is 1. The summed E-state index contributed by atoms with van der Waals surface area (Å²) >= 11 is 0. The van der Waals surface area contributed by atoms with E-state index in [4.69, 9.17) is 14.9 Å². The number of aliphatic hydroxyl groups is 2. The van der Waals surface area contributed by atoms with E-state index in [0.29, 0.717) is 25.1 Å². The van der Waals surface area contributed by atoms with Crippen LogP contribution in [0.5, 0.6) is 0 Å². The van der Waals surface area contributed by atoms with Crippen LogP contribution in [0.15, 0.2) is 12.2 Å². The van der Waals surface area contributed by atoms with E-state index in [1.807, 2.05) is 7.05 Å². The van der Waals surface area contributed by atoms with Gasteiger partial charge in [-0.05, 0) is 39.8 Å². The lowest BCUT2D eigenvalue weighted by Gasteiger charge is -2.16. The smallest absolute Gasteiger partial charge is 0.333 e. The molecule has 5 heteroatoms. The molecule has 0 aromatic heterocycles. The molecule has 0 aliphatic carbocycles. The van der Waals surface area contributed by atoms with Crippen molar-refractivity contribution in [2.45, 2.75) is 32.3 Å². The fourth-order valence-corrected chi connectivity index (χ4v) is 1.38. The van der Waals surface area contributed by atoms with E-state index < -0.39 is 6.10 Å². The van der Waals surface area contributed by atoms with Gasteiger partial charge in [-0.1, -0.05) is 6.58 Å². The van der Waals surface area contributed by atoms with Gasteiger partial charge in [0.05, 0.1) is 12.7 Å². The lowest BCUT2D eigenvalue weighted by molar-refractivity contribution is -0.139. The van der Waals surface area contributed by atoms with Gasteiger partial charge in [-0.15, -0.1) is 0 Å². The summed E-state index contributed by atoms with van der Waals surface area (Å²) in [5.41, 5.74) is 0.413. The van der Waals surface area contributed by atoms with Crippen molar-refractivity contribution >= 4 is 5.97 Å². The van der Waals surface area contributed by atoms with Crippen LogP contribution in [0.3, 0.4) is 0 Å². The predicted octanol–water partition coefficient (Wildman–Crippen LogP) is 0.561. The van der Waals surface area contributed by atoms with Crippen molar-refractivity contribution in [1.82, 2.24) is 4.90 Å². The minimum atomic E-state index is -0.605. The van der Waals surface area contributed by atoms with Gasteiger partial charge in [0.15, 0.2) is 0 Å². The van der Waals surface area contributed by atoms with Crippen LogP contribution in [0.4, 0.5) is 0 Å². The highest BCUT2D eigenvalue weighted by atomic mass is 16.5. The van der Waals surface area contributed by atoms with Crippen LogP contribution >= 0.6 is 0 Å². The number of rotatable bonds is 10. The van der Waals surface area contributed by atoms with Gasteiger partial charge in [0.25, 0.3) is 0 Å². The quantitative estimate of drug-likeness (QED) is 0.341. The van der Waals surface area contributed by atoms with Crippen molar-refractivity contribution in [3.8, 4) is 0 Å². The number of ether oxygens (including phenoxy) is 1. The molecule has 0 fully saturated rings. The third-order valence-corrected chi connectivity index (χ3v) is 2.59. The molecule has 18 heavy (non-hydrogen) atoms. The molecule has 0 radical (unpaired) electrons. The van der Waals surface area contributed by atoms with E-state index in [1.54, 1.807) is 6.92 Å². The van der Waals surface area contributed by atoms with E-state index in [-0.39, 0.29) is 12.6 Å². The maximum atomic E-state index is 11.1. The molecule has 0 saturated heterocycles. The third kappa shape index (κ3) is 9.15. The Balaban J connectivity index is 3.46. The van der Waals surface area contributed by atoms with Crippen molar-refractivity contribution in [2.75, 3.05) is 33.4 Å². The molecule has 2 N–H and O–H groups in total. The van der Waals surface area contributed by atoms with Gasteiger partial charge in [-0.2, -0.15) is 0 Å². The van der Waals surface area contributed by atoms with Gasteiger partial charge in [-0.3, -0.25) is 0 Å². The van der Waals surface area contributed by atoms with Crippen molar-refractivity contribution in [3.63, 3.8) is 0 Å². The molecule has 0 saturated carbocycles. The minimum Gasteiger partial charge on any atom is -0.461 e. The first-order chi connectivity index (χ1) is 8.47. The lowest BCUT2D eigenvalue weighted by atomic mass is 10.1. The van der Waals surface area contributed by atoms with Crippen LogP contribution in [0.2, 0.25) is 0 Å². The highest BCUT2D eigenvalue weighted by Gasteiger charge is 2.05. The van der Waals surface area contributed by atoms with E-state index in [2.05, 4.69) is 11.5 Å². The highest BCUT2D eigenvalue weighted by molar-refractivity contribution is 5.86. The Morgan fingerprint density at radius 3 is 2.61 bits per heavy atom. The van der Waals surface area contributed by atoms with E-state index >= 15 is 0 Å². The SMILES string of the molecule is C=C(C)C(=O)OCCN(C)CCCCC(O)CO. The van der Waals surface area contributed by atoms with Crippen LogP contribution in [-0.4, -0.2) is 60.5 Å². The zero-order chi connectivity index (χ0) is 14.0. The zero-order valence-electron chi connectivity index (χ0n) is 11.4. The molecule has 0 bridgehead atoms. The Morgan fingerprint density at radius 1 is 1.39 bits per heavy atom. The second kappa shape index (κ2) is 10.1. The number of hydrogen-bond acceptors (Lipinski definition) is 5. The zero-order valence-corrected chi connectivity index (χ0v) is 11.4. The monoisotopic (exact) mass is 259 g/mol. The van der Waals surface area contributed by atoms with Crippen LogP contribution in [0.1, 0.15) is 26.2 Å². The maximum absolute atomic E-state index is 11.1. The van der Waals surface area contributed by atoms with Crippen molar-refractivity contribution in [1.29, 1.82) is 0 Å². The van der Waals surface area contributed by atoms with Crippen molar-refractivity contribution in [3.05, 3.63) is 12.2 Å². The third-order valence-electron chi connectivity index (χ3n) is 2.59. The summed E-state index contributed by atoms with van der Waals surface area (Å²) in [5, 5.41) is 17.8. The number of hydrogen-bond donors (Lipinski definition) is 2. The number of carbonyl (C=O) groups excluding carboxylic acids is 1. The summed E-state index contributed by atoms with van der Waals surface area (Å²) in [4.78, 5) is 13.2. The molecule has 0 aromatic carbocycles. The minimum absolute atomic E-state index is 0.174. The van der Waals surface area contributed by atoms with Gasteiger partial charge >= 0.3 is 5.97 Å². The second-order valence-corrected chi connectivity index (χ2v) is 4.55. The molecule has 0 aliphatic heterocycles. The normalized spacial score (nSPS) is 12.5. The van der Waals surface area contributed by atoms with Crippen molar-refractivity contribution < 1.29 is 19.7 Å². The van der Waals surface area contributed by atoms with Gasteiger partial charge in [0.1, 0.15) is 6.61 Å². The Bertz CT molecular complexity index is 255. The van der Waals surface area contributed by atoms with Crippen LogP contribution in [0, 0.1) is 0 Å². The first-order valence-corrected chi connectivity index (χ1v) is 6.27. The second-order valence-electron chi connectivity index (χ2n) is 4.55. The van der Waals surface area contributed by atoms with E-state index in [1.165, 1.54) is 0 Å². The van der Waals surface area contributed by atoms with Crippen LogP contribution in [0.25, 0.3) is 0 Å². The molecule has 0 heterocycles. The van der Waals surface area contributed by atoms with Gasteiger partial charge in [0, 0.05) is 12.1 Å².